The summed E-state index contributed by atoms with van der Waals surface area (Å²) >= 11 is 0. The second-order valence-corrected chi connectivity index (χ2v) is 7.17. The molecule has 0 aromatic heterocycles. The van der Waals surface area contributed by atoms with Crippen LogP contribution in [0, 0.1) is 0 Å². The van der Waals surface area contributed by atoms with Gasteiger partial charge in [-0.05, 0) is 63.5 Å². The van der Waals surface area contributed by atoms with Gasteiger partial charge in [0, 0.05) is 12.6 Å². The molecule has 0 bridgehead atoms. The van der Waals surface area contributed by atoms with Crippen LogP contribution < -0.4 is 11.1 Å². The van der Waals surface area contributed by atoms with Crippen LogP contribution >= 0.6 is 0 Å². The van der Waals surface area contributed by atoms with E-state index in [2.05, 4.69) is 29.6 Å². The molecule has 4 heteroatoms. The van der Waals surface area contributed by atoms with Crippen LogP contribution in [0.25, 0.3) is 0 Å². The Balaban J connectivity index is 1.83. The molecular formula is C18H28N2O2. The average Bonchev–Trinajstić information content (AvgIpc) is 2.44. The van der Waals surface area contributed by atoms with E-state index in [0.717, 1.165) is 12.8 Å². The van der Waals surface area contributed by atoms with Gasteiger partial charge in [-0.3, -0.25) is 0 Å². The van der Waals surface area contributed by atoms with Crippen molar-refractivity contribution in [3.05, 3.63) is 35.4 Å². The van der Waals surface area contributed by atoms with Crippen molar-refractivity contribution in [2.75, 3.05) is 6.54 Å². The van der Waals surface area contributed by atoms with Crippen molar-refractivity contribution in [2.24, 2.45) is 5.73 Å². The third-order valence-corrected chi connectivity index (χ3v) is 3.99. The van der Waals surface area contributed by atoms with Crippen LogP contribution in [0.1, 0.15) is 57.1 Å². The monoisotopic (exact) mass is 304 g/mol. The summed E-state index contributed by atoms with van der Waals surface area (Å²) in [6.45, 7) is 6.01. The predicted molar refractivity (Wildman–Crippen MR) is 89.0 cm³/mol. The number of carbonyl (C=O) groups excluding carboxylic acids is 1. The quantitative estimate of drug-likeness (QED) is 0.896. The largest absolute Gasteiger partial charge is 0.444 e. The highest BCUT2D eigenvalue weighted by molar-refractivity contribution is 5.67. The lowest BCUT2D eigenvalue weighted by Crippen LogP contribution is -2.40. The maximum absolute atomic E-state index is 11.7. The van der Waals surface area contributed by atoms with E-state index in [-0.39, 0.29) is 6.04 Å². The van der Waals surface area contributed by atoms with Crippen LogP contribution in [-0.4, -0.2) is 24.3 Å². The van der Waals surface area contributed by atoms with Crippen LogP contribution in [-0.2, 0) is 11.2 Å². The first-order valence-corrected chi connectivity index (χ1v) is 8.15. The van der Waals surface area contributed by atoms with Gasteiger partial charge in [0.2, 0.25) is 0 Å². The number of amides is 1. The van der Waals surface area contributed by atoms with Gasteiger partial charge in [-0.15, -0.1) is 0 Å². The minimum atomic E-state index is -0.476. The fraction of sp³-hybridized carbons (Fsp3) is 0.611. The number of benzene rings is 1. The molecule has 2 rings (SSSR count). The van der Waals surface area contributed by atoms with Gasteiger partial charge in [-0.2, -0.15) is 0 Å². The smallest absolute Gasteiger partial charge is 0.407 e. The zero-order valence-electron chi connectivity index (χ0n) is 13.9. The summed E-state index contributed by atoms with van der Waals surface area (Å²) in [4.78, 5) is 11.7. The number of nitrogens with two attached hydrogens (primary N) is 1. The molecule has 0 spiro atoms. The predicted octanol–water partition coefficient (Wildman–Crippen LogP) is 3.35. The SMILES string of the molecule is CC(C)(C)OC(=O)NCC(N)CC1CCCc2ccccc21. The first kappa shape index (κ1) is 16.8. The number of ether oxygens (including phenoxy) is 1. The molecule has 1 aromatic rings. The van der Waals surface area contributed by atoms with Crippen LogP contribution in [0.2, 0.25) is 0 Å². The van der Waals surface area contributed by atoms with E-state index >= 15 is 0 Å². The van der Waals surface area contributed by atoms with Crippen molar-refractivity contribution < 1.29 is 9.53 Å². The number of hydrogen-bond donors (Lipinski definition) is 2. The summed E-state index contributed by atoms with van der Waals surface area (Å²) in [5.41, 5.74) is 8.61. The molecule has 0 heterocycles. The second-order valence-electron chi connectivity index (χ2n) is 7.17. The van der Waals surface area contributed by atoms with Crippen molar-refractivity contribution in [3.63, 3.8) is 0 Å². The highest BCUT2D eigenvalue weighted by Crippen LogP contribution is 2.34. The number of aryl methyl sites for hydroxylation is 1. The van der Waals surface area contributed by atoms with E-state index in [4.69, 9.17) is 10.5 Å². The van der Waals surface area contributed by atoms with Crippen LogP contribution in [0.5, 0.6) is 0 Å². The summed E-state index contributed by atoms with van der Waals surface area (Å²) in [7, 11) is 0. The molecule has 4 nitrogen and oxygen atoms in total. The lowest BCUT2D eigenvalue weighted by Gasteiger charge is -2.28. The molecule has 3 N–H and O–H groups in total. The first-order valence-electron chi connectivity index (χ1n) is 8.15. The topological polar surface area (TPSA) is 64.3 Å². The molecule has 0 aliphatic heterocycles. The highest BCUT2D eigenvalue weighted by atomic mass is 16.6. The number of nitrogens with one attached hydrogen (secondary N) is 1. The van der Waals surface area contributed by atoms with Crippen molar-refractivity contribution >= 4 is 6.09 Å². The Labute approximate surface area is 133 Å². The number of alkyl carbamates (subject to hydrolysis) is 1. The number of carbonyl (C=O) groups is 1. The van der Waals surface area contributed by atoms with Gasteiger partial charge in [0.05, 0.1) is 0 Å². The Morgan fingerprint density at radius 1 is 1.41 bits per heavy atom. The molecular weight excluding hydrogens is 276 g/mol. The Morgan fingerprint density at radius 3 is 2.86 bits per heavy atom. The van der Waals surface area contributed by atoms with E-state index in [9.17, 15) is 4.79 Å². The molecule has 0 saturated heterocycles. The van der Waals surface area contributed by atoms with Crippen LogP contribution in [0.4, 0.5) is 4.79 Å². The zero-order valence-corrected chi connectivity index (χ0v) is 13.9. The minimum absolute atomic E-state index is 0.0522. The molecule has 2 atom stereocenters. The van der Waals surface area contributed by atoms with Crippen molar-refractivity contribution in [3.8, 4) is 0 Å². The summed E-state index contributed by atoms with van der Waals surface area (Å²) in [6, 6.07) is 8.58. The van der Waals surface area contributed by atoms with E-state index in [1.54, 1.807) is 0 Å². The molecule has 0 saturated carbocycles. The molecule has 0 radical (unpaired) electrons. The Morgan fingerprint density at radius 2 is 2.14 bits per heavy atom. The van der Waals surface area contributed by atoms with E-state index in [1.165, 1.54) is 24.0 Å². The van der Waals surface area contributed by atoms with Crippen molar-refractivity contribution in [1.82, 2.24) is 5.32 Å². The molecule has 122 valence electrons. The number of rotatable bonds is 4. The third kappa shape index (κ3) is 5.02. The molecule has 1 aliphatic rings. The Bertz CT molecular complexity index is 508. The number of hydrogen-bond acceptors (Lipinski definition) is 3. The number of fused-ring (bicyclic) bond motifs is 1. The standard InChI is InChI=1S/C18H28N2O2/c1-18(2,3)22-17(21)20-12-15(19)11-14-9-6-8-13-7-4-5-10-16(13)14/h4-5,7,10,14-15H,6,8-9,11-12,19H2,1-3H3,(H,20,21). The average molecular weight is 304 g/mol. The van der Waals surface area contributed by atoms with Gasteiger partial charge in [-0.25, -0.2) is 4.79 Å². The fourth-order valence-electron chi connectivity index (χ4n) is 3.08. The first-order chi connectivity index (χ1) is 10.3. The Hall–Kier alpha value is -1.55. The van der Waals surface area contributed by atoms with Crippen molar-refractivity contribution in [2.45, 2.75) is 64.0 Å². The van der Waals surface area contributed by atoms with Gasteiger partial charge in [0.15, 0.2) is 0 Å². The van der Waals surface area contributed by atoms with E-state index in [0.29, 0.717) is 12.5 Å². The summed E-state index contributed by atoms with van der Waals surface area (Å²) in [5.74, 6) is 0.500. The molecule has 22 heavy (non-hydrogen) atoms. The zero-order chi connectivity index (χ0) is 16.2. The molecule has 1 aliphatic carbocycles. The van der Waals surface area contributed by atoms with Crippen LogP contribution in [0.3, 0.4) is 0 Å². The normalized spacial score (nSPS) is 19.2. The van der Waals surface area contributed by atoms with E-state index in [1.807, 2.05) is 20.8 Å². The molecule has 1 amide bonds. The van der Waals surface area contributed by atoms with Gasteiger partial charge < -0.3 is 15.8 Å². The lowest BCUT2D eigenvalue weighted by molar-refractivity contribution is 0.0523. The second kappa shape index (κ2) is 7.14. The van der Waals surface area contributed by atoms with Crippen LogP contribution in [0.15, 0.2) is 24.3 Å². The summed E-state index contributed by atoms with van der Waals surface area (Å²) in [5, 5.41) is 2.77. The summed E-state index contributed by atoms with van der Waals surface area (Å²) in [6.07, 6.45) is 4.06. The van der Waals surface area contributed by atoms with Gasteiger partial charge in [0.25, 0.3) is 0 Å². The molecule has 2 unspecified atom stereocenters. The van der Waals surface area contributed by atoms with E-state index < -0.39 is 11.7 Å². The maximum atomic E-state index is 11.7. The lowest BCUT2D eigenvalue weighted by atomic mass is 9.80. The minimum Gasteiger partial charge on any atom is -0.444 e. The van der Waals surface area contributed by atoms with Crippen molar-refractivity contribution in [1.29, 1.82) is 0 Å². The van der Waals surface area contributed by atoms with Gasteiger partial charge in [0.1, 0.15) is 5.60 Å². The maximum Gasteiger partial charge on any atom is 0.407 e. The Kier molecular flexibility index (Phi) is 5.46. The van der Waals surface area contributed by atoms with Gasteiger partial charge in [-0.1, -0.05) is 24.3 Å². The molecule has 1 aromatic carbocycles. The third-order valence-electron chi connectivity index (χ3n) is 3.99. The molecule has 0 fully saturated rings. The highest BCUT2D eigenvalue weighted by Gasteiger charge is 2.22. The van der Waals surface area contributed by atoms with Gasteiger partial charge >= 0.3 is 6.09 Å². The summed E-state index contributed by atoms with van der Waals surface area (Å²) < 4.78 is 5.23. The fourth-order valence-corrected chi connectivity index (χ4v) is 3.08.